The smallest absolute Gasteiger partial charge is 0.297 e. The van der Waals surface area contributed by atoms with Gasteiger partial charge in [0.25, 0.3) is 17.0 Å². The number of alkyl halides is 2. The average molecular weight is 528 g/mol. The van der Waals surface area contributed by atoms with Crippen LogP contribution >= 0.6 is 11.6 Å². The summed E-state index contributed by atoms with van der Waals surface area (Å²) in [6, 6.07) is 11.0. The summed E-state index contributed by atoms with van der Waals surface area (Å²) in [7, 11) is 0. The summed E-state index contributed by atoms with van der Waals surface area (Å²) in [5, 5.41) is 9.25. The third-order valence-electron chi connectivity index (χ3n) is 5.34. The first-order valence-corrected chi connectivity index (χ1v) is 11.2. The Balaban J connectivity index is 1.74. The van der Waals surface area contributed by atoms with Crippen LogP contribution in [0.4, 0.5) is 13.2 Å². The second kappa shape index (κ2) is 10.3. The van der Waals surface area contributed by atoms with Crippen molar-refractivity contribution in [3.63, 3.8) is 0 Å². The molecule has 0 amide bonds. The van der Waals surface area contributed by atoms with E-state index in [1.54, 1.807) is 0 Å². The van der Waals surface area contributed by atoms with Crippen LogP contribution in [0.3, 0.4) is 0 Å². The molecule has 4 rings (SSSR count). The Labute approximate surface area is 212 Å². The standard InChI is InChI=1S/C25H17ClF3N5O3/c1-2-25(28,29)21-20(37-19-8-14(10-30)7-17(26)9-19)24(36)34(13-32-21)12-16-11-31-22(33-23(16)35)15-3-5-18(27)6-4-15/h3-9,11,13H,2,12H2,1H3,(H,31,33,35). The molecular weight excluding hydrogens is 511 g/mol. The SMILES string of the molecule is CCC(F)(F)c1ncn(Cc2cnc(-c3ccc(F)cc3)[nH]c2=O)c(=O)c1Oc1cc(Cl)cc(C#N)c1. The Kier molecular flexibility index (Phi) is 7.13. The van der Waals surface area contributed by atoms with Gasteiger partial charge in [-0.05, 0) is 42.5 Å². The molecule has 8 nitrogen and oxygen atoms in total. The number of hydrogen-bond acceptors (Lipinski definition) is 6. The second-order valence-electron chi connectivity index (χ2n) is 7.90. The number of ether oxygens (including phenoxy) is 1. The highest BCUT2D eigenvalue weighted by molar-refractivity contribution is 6.30. The van der Waals surface area contributed by atoms with Crippen molar-refractivity contribution in [2.45, 2.75) is 25.8 Å². The molecule has 12 heteroatoms. The fraction of sp³-hybridized carbons (Fsp3) is 0.160. The van der Waals surface area contributed by atoms with Crippen LogP contribution in [0.2, 0.25) is 5.02 Å². The summed E-state index contributed by atoms with van der Waals surface area (Å²) < 4.78 is 48.9. The number of nitrogens with one attached hydrogen (secondary N) is 1. The number of aromatic nitrogens is 4. The van der Waals surface area contributed by atoms with Gasteiger partial charge in [0.05, 0.1) is 30.1 Å². The quantitative estimate of drug-likeness (QED) is 0.362. The predicted octanol–water partition coefficient (Wildman–Crippen LogP) is 5.00. The molecule has 188 valence electrons. The largest absolute Gasteiger partial charge is 0.449 e. The first-order valence-electron chi connectivity index (χ1n) is 10.8. The molecular formula is C25H17ClF3N5O3. The molecule has 37 heavy (non-hydrogen) atoms. The van der Waals surface area contributed by atoms with Crippen molar-refractivity contribution < 1.29 is 17.9 Å². The van der Waals surface area contributed by atoms with Gasteiger partial charge in [-0.3, -0.25) is 14.2 Å². The molecule has 0 aliphatic carbocycles. The zero-order valence-corrected chi connectivity index (χ0v) is 19.9. The molecule has 2 aromatic heterocycles. The maximum Gasteiger partial charge on any atom is 0.297 e. The van der Waals surface area contributed by atoms with E-state index in [-0.39, 0.29) is 34.3 Å². The van der Waals surface area contributed by atoms with Gasteiger partial charge >= 0.3 is 0 Å². The Morgan fingerprint density at radius 1 is 1.16 bits per heavy atom. The lowest BCUT2D eigenvalue weighted by Crippen LogP contribution is -2.29. The van der Waals surface area contributed by atoms with E-state index in [4.69, 9.17) is 21.6 Å². The average Bonchev–Trinajstić information content (AvgIpc) is 2.87. The summed E-state index contributed by atoms with van der Waals surface area (Å²) in [6.45, 7) is 0.864. The van der Waals surface area contributed by atoms with Gasteiger partial charge in [0.1, 0.15) is 17.4 Å². The van der Waals surface area contributed by atoms with Crippen LogP contribution in [0.25, 0.3) is 11.4 Å². The number of nitriles is 1. The van der Waals surface area contributed by atoms with Crippen molar-refractivity contribution in [3.8, 4) is 29.0 Å². The monoisotopic (exact) mass is 527 g/mol. The molecule has 0 fully saturated rings. The Morgan fingerprint density at radius 3 is 2.54 bits per heavy atom. The molecule has 0 atom stereocenters. The van der Waals surface area contributed by atoms with E-state index < -0.39 is 40.7 Å². The molecule has 0 unspecified atom stereocenters. The first kappa shape index (κ1) is 25.7. The molecule has 0 aliphatic heterocycles. The van der Waals surface area contributed by atoms with Gasteiger partial charge < -0.3 is 9.72 Å². The summed E-state index contributed by atoms with van der Waals surface area (Å²) in [5.74, 6) is -4.66. The van der Waals surface area contributed by atoms with Crippen molar-refractivity contribution >= 4 is 11.6 Å². The fourth-order valence-corrected chi connectivity index (χ4v) is 3.60. The lowest BCUT2D eigenvalue weighted by molar-refractivity contribution is -0.0151. The lowest BCUT2D eigenvalue weighted by Gasteiger charge is -2.18. The number of hydrogen-bond donors (Lipinski definition) is 1. The highest BCUT2D eigenvalue weighted by Gasteiger charge is 2.37. The van der Waals surface area contributed by atoms with Crippen molar-refractivity contribution in [2.75, 3.05) is 0 Å². The number of H-pyrrole nitrogens is 1. The Bertz CT molecular complexity index is 1630. The van der Waals surface area contributed by atoms with Gasteiger partial charge in [0.15, 0.2) is 5.69 Å². The van der Waals surface area contributed by atoms with Crippen LogP contribution in [-0.2, 0) is 12.5 Å². The zero-order chi connectivity index (χ0) is 26.7. The highest BCUT2D eigenvalue weighted by Crippen LogP contribution is 2.36. The molecule has 2 aromatic carbocycles. The van der Waals surface area contributed by atoms with Gasteiger partial charge in [-0.2, -0.15) is 14.0 Å². The van der Waals surface area contributed by atoms with Crippen molar-refractivity contribution in [2.24, 2.45) is 0 Å². The molecule has 0 saturated carbocycles. The van der Waals surface area contributed by atoms with E-state index in [1.165, 1.54) is 55.6 Å². The molecule has 0 radical (unpaired) electrons. The minimum atomic E-state index is -3.50. The molecule has 0 bridgehead atoms. The predicted molar refractivity (Wildman–Crippen MR) is 128 cm³/mol. The molecule has 0 spiro atoms. The molecule has 0 saturated heterocycles. The number of benzene rings is 2. The van der Waals surface area contributed by atoms with Crippen LogP contribution in [0.15, 0.2) is 64.6 Å². The maximum absolute atomic E-state index is 14.6. The van der Waals surface area contributed by atoms with Crippen LogP contribution < -0.4 is 15.9 Å². The number of rotatable bonds is 7. The van der Waals surface area contributed by atoms with Crippen LogP contribution in [0.1, 0.15) is 30.2 Å². The summed E-state index contributed by atoms with van der Waals surface area (Å²) >= 11 is 5.97. The van der Waals surface area contributed by atoms with Crippen LogP contribution in [0, 0.1) is 17.1 Å². The number of aromatic amines is 1. The van der Waals surface area contributed by atoms with E-state index >= 15 is 0 Å². The molecule has 0 aliphatic rings. The summed E-state index contributed by atoms with van der Waals surface area (Å²) in [4.78, 5) is 36.3. The zero-order valence-electron chi connectivity index (χ0n) is 19.1. The van der Waals surface area contributed by atoms with E-state index in [0.29, 0.717) is 5.56 Å². The summed E-state index contributed by atoms with van der Waals surface area (Å²) in [6.07, 6.45) is 1.45. The van der Waals surface area contributed by atoms with Gasteiger partial charge in [0.2, 0.25) is 5.75 Å². The van der Waals surface area contributed by atoms with Gasteiger partial charge in [-0.1, -0.05) is 18.5 Å². The van der Waals surface area contributed by atoms with Crippen molar-refractivity contribution in [3.05, 3.63) is 103 Å². The third-order valence-corrected chi connectivity index (χ3v) is 5.56. The van der Waals surface area contributed by atoms with Gasteiger partial charge in [0, 0.05) is 23.2 Å². The highest BCUT2D eigenvalue weighted by atomic mass is 35.5. The fourth-order valence-electron chi connectivity index (χ4n) is 3.38. The minimum absolute atomic E-state index is 0.0326. The van der Waals surface area contributed by atoms with E-state index in [2.05, 4.69) is 15.0 Å². The summed E-state index contributed by atoms with van der Waals surface area (Å²) in [5.41, 5.74) is -1.89. The van der Waals surface area contributed by atoms with Crippen molar-refractivity contribution in [1.29, 1.82) is 5.26 Å². The minimum Gasteiger partial charge on any atom is -0.449 e. The number of nitrogens with zero attached hydrogens (tertiary/aromatic N) is 4. The first-order chi connectivity index (χ1) is 17.6. The van der Waals surface area contributed by atoms with Crippen molar-refractivity contribution in [1.82, 2.24) is 19.5 Å². The normalized spacial score (nSPS) is 11.2. The van der Waals surface area contributed by atoms with Gasteiger partial charge in [-0.15, -0.1) is 0 Å². The maximum atomic E-state index is 14.6. The van der Waals surface area contributed by atoms with Gasteiger partial charge in [-0.25, -0.2) is 14.4 Å². The Hall–Kier alpha value is -4.43. The Morgan fingerprint density at radius 2 is 1.89 bits per heavy atom. The lowest BCUT2D eigenvalue weighted by atomic mass is 10.1. The second-order valence-corrected chi connectivity index (χ2v) is 8.33. The van der Waals surface area contributed by atoms with Crippen LogP contribution in [0.5, 0.6) is 11.5 Å². The topological polar surface area (TPSA) is 114 Å². The third kappa shape index (κ3) is 5.54. The molecule has 2 heterocycles. The van der Waals surface area contributed by atoms with E-state index in [0.717, 1.165) is 10.9 Å². The number of halogens is 4. The van der Waals surface area contributed by atoms with Crippen LogP contribution in [-0.4, -0.2) is 19.5 Å². The van der Waals surface area contributed by atoms with E-state index in [9.17, 15) is 22.8 Å². The molecule has 4 aromatic rings. The molecule has 1 N–H and O–H groups in total. The van der Waals surface area contributed by atoms with E-state index in [1.807, 2.05) is 6.07 Å².